The van der Waals surface area contributed by atoms with Crippen molar-refractivity contribution in [1.29, 1.82) is 0 Å². The number of rotatable bonds is 7. The Morgan fingerprint density at radius 1 is 1.07 bits per heavy atom. The number of aromatic nitrogens is 2. The standard InChI is InChI=1S/C27H31N2/c1-3-5-9-23-18-24(4-2)27(19-23)25-14-12-22(13-15-25)20-28-16-17-29(21-28)26-10-7-6-8-11-26/h4-17,21,23-24,27H,2-3,18-20H2,1H3/q+1/b9-5+/t23?,24-,27?/m1/s1. The van der Waals surface area contributed by atoms with Crippen LogP contribution in [0.25, 0.3) is 5.69 Å². The third-order valence-electron chi connectivity index (χ3n) is 6.11. The van der Waals surface area contributed by atoms with Gasteiger partial charge >= 0.3 is 0 Å². The second-order valence-electron chi connectivity index (χ2n) is 8.14. The van der Waals surface area contributed by atoms with Gasteiger partial charge in [0.25, 0.3) is 0 Å². The van der Waals surface area contributed by atoms with Crippen LogP contribution in [0.15, 0.2) is 98.1 Å². The largest absolute Gasteiger partial charge is 0.249 e. The minimum Gasteiger partial charge on any atom is -0.232 e. The van der Waals surface area contributed by atoms with Crippen molar-refractivity contribution in [3.8, 4) is 5.69 Å². The highest BCUT2D eigenvalue weighted by Gasteiger charge is 2.31. The van der Waals surface area contributed by atoms with Gasteiger partial charge in [-0.1, -0.05) is 67.6 Å². The summed E-state index contributed by atoms with van der Waals surface area (Å²) in [5.41, 5.74) is 3.98. The molecule has 2 unspecified atom stereocenters. The van der Waals surface area contributed by atoms with E-state index >= 15 is 0 Å². The van der Waals surface area contributed by atoms with Crippen molar-refractivity contribution in [2.24, 2.45) is 11.8 Å². The van der Waals surface area contributed by atoms with Crippen LogP contribution in [-0.4, -0.2) is 4.57 Å². The van der Waals surface area contributed by atoms with E-state index in [0.717, 1.165) is 13.0 Å². The summed E-state index contributed by atoms with van der Waals surface area (Å²) in [5, 5.41) is 0. The van der Waals surface area contributed by atoms with Crippen molar-refractivity contribution in [3.05, 3.63) is 109 Å². The number of hydrogen-bond acceptors (Lipinski definition) is 0. The quantitative estimate of drug-likeness (QED) is 0.346. The molecule has 0 N–H and O–H groups in total. The number of imidazole rings is 1. The topological polar surface area (TPSA) is 8.81 Å². The van der Waals surface area contributed by atoms with Crippen LogP contribution in [0.1, 0.15) is 43.2 Å². The third kappa shape index (κ3) is 4.59. The van der Waals surface area contributed by atoms with Gasteiger partial charge in [-0.2, -0.15) is 0 Å². The minimum atomic E-state index is 0.585. The van der Waals surface area contributed by atoms with Gasteiger partial charge in [0, 0.05) is 0 Å². The zero-order valence-electron chi connectivity index (χ0n) is 17.3. The molecule has 0 aliphatic heterocycles. The summed E-state index contributed by atoms with van der Waals surface area (Å²) >= 11 is 0. The van der Waals surface area contributed by atoms with Gasteiger partial charge in [-0.3, -0.25) is 0 Å². The first-order valence-corrected chi connectivity index (χ1v) is 10.8. The Hall–Kier alpha value is -2.87. The molecule has 3 aromatic rings. The maximum Gasteiger partial charge on any atom is 0.249 e. The van der Waals surface area contributed by atoms with Crippen molar-refractivity contribution in [3.63, 3.8) is 0 Å². The second-order valence-corrected chi connectivity index (χ2v) is 8.14. The molecule has 1 aromatic heterocycles. The van der Waals surface area contributed by atoms with E-state index in [2.05, 4.69) is 108 Å². The van der Waals surface area contributed by atoms with Gasteiger partial charge in [0.15, 0.2) is 0 Å². The molecule has 4 rings (SSSR count). The fourth-order valence-electron chi connectivity index (χ4n) is 4.56. The van der Waals surface area contributed by atoms with E-state index in [0.29, 0.717) is 17.8 Å². The number of nitrogens with zero attached hydrogens (tertiary/aromatic N) is 2. The molecule has 3 atom stereocenters. The molecule has 1 heterocycles. The highest BCUT2D eigenvalue weighted by atomic mass is 15.1. The Morgan fingerprint density at radius 3 is 2.59 bits per heavy atom. The van der Waals surface area contributed by atoms with Gasteiger partial charge in [0.05, 0.1) is 0 Å². The monoisotopic (exact) mass is 383 g/mol. The first-order valence-electron chi connectivity index (χ1n) is 10.8. The summed E-state index contributed by atoms with van der Waals surface area (Å²) in [4.78, 5) is 0. The Balaban J connectivity index is 1.44. The molecule has 2 heteroatoms. The Kier molecular flexibility index (Phi) is 6.09. The van der Waals surface area contributed by atoms with Gasteiger partial charge in [0.2, 0.25) is 6.33 Å². The number of benzene rings is 2. The molecule has 1 aliphatic rings. The number of para-hydroxylation sites is 1. The smallest absolute Gasteiger partial charge is 0.232 e. The van der Waals surface area contributed by atoms with E-state index in [-0.39, 0.29) is 0 Å². The van der Waals surface area contributed by atoms with Crippen LogP contribution in [0.3, 0.4) is 0 Å². The summed E-state index contributed by atoms with van der Waals surface area (Å²) in [6.45, 7) is 7.20. The molecular weight excluding hydrogens is 352 g/mol. The molecule has 0 spiro atoms. The molecule has 0 amide bonds. The van der Waals surface area contributed by atoms with E-state index in [1.54, 1.807) is 0 Å². The molecular formula is C27H31N2+. The lowest BCUT2D eigenvalue weighted by molar-refractivity contribution is -0.687. The third-order valence-corrected chi connectivity index (χ3v) is 6.11. The highest BCUT2D eigenvalue weighted by Crippen LogP contribution is 2.44. The minimum absolute atomic E-state index is 0.585. The van der Waals surface area contributed by atoms with Crippen molar-refractivity contribution in [1.82, 2.24) is 4.57 Å². The van der Waals surface area contributed by atoms with Crippen LogP contribution in [0.5, 0.6) is 0 Å². The number of allylic oxidation sites excluding steroid dienone is 3. The van der Waals surface area contributed by atoms with Crippen molar-refractivity contribution >= 4 is 0 Å². The molecule has 1 fully saturated rings. The first kappa shape index (κ1) is 19.4. The second kappa shape index (κ2) is 9.09. The normalized spacial score (nSPS) is 21.6. The van der Waals surface area contributed by atoms with Crippen LogP contribution in [0.2, 0.25) is 0 Å². The lowest BCUT2D eigenvalue weighted by atomic mass is 9.88. The Labute approximate surface area is 174 Å². The van der Waals surface area contributed by atoms with E-state index in [1.165, 1.54) is 29.7 Å². The SMILES string of the molecule is C=C[C@@H]1CC(/C=C/CC)CC1c1ccc(C[n+]2ccn(-c3ccccc3)c2)cc1. The first-order chi connectivity index (χ1) is 14.3. The van der Waals surface area contributed by atoms with E-state index < -0.39 is 0 Å². The van der Waals surface area contributed by atoms with Gasteiger partial charge in [-0.25, -0.2) is 9.13 Å². The predicted molar refractivity (Wildman–Crippen MR) is 120 cm³/mol. The fraction of sp³-hybridized carbons (Fsp3) is 0.296. The molecule has 2 aromatic carbocycles. The summed E-state index contributed by atoms with van der Waals surface area (Å²) in [7, 11) is 0. The maximum atomic E-state index is 4.10. The summed E-state index contributed by atoms with van der Waals surface area (Å²) in [5.74, 6) is 1.87. The highest BCUT2D eigenvalue weighted by molar-refractivity contribution is 5.30. The van der Waals surface area contributed by atoms with Crippen LogP contribution < -0.4 is 4.57 Å². The van der Waals surface area contributed by atoms with E-state index in [1.807, 2.05) is 6.07 Å². The van der Waals surface area contributed by atoms with E-state index in [9.17, 15) is 0 Å². The van der Waals surface area contributed by atoms with Gasteiger partial charge in [0.1, 0.15) is 24.6 Å². The fourth-order valence-corrected chi connectivity index (χ4v) is 4.56. The van der Waals surface area contributed by atoms with E-state index in [4.69, 9.17) is 0 Å². The van der Waals surface area contributed by atoms with Crippen molar-refractivity contribution in [2.45, 2.75) is 38.6 Å². The summed E-state index contributed by atoms with van der Waals surface area (Å²) in [6.07, 6.45) is 16.9. The molecule has 1 aliphatic carbocycles. The zero-order valence-corrected chi connectivity index (χ0v) is 17.3. The van der Waals surface area contributed by atoms with Crippen molar-refractivity contribution in [2.75, 3.05) is 0 Å². The zero-order chi connectivity index (χ0) is 20.1. The Morgan fingerprint density at radius 2 is 1.86 bits per heavy atom. The summed E-state index contributed by atoms with van der Waals surface area (Å²) < 4.78 is 4.39. The molecule has 0 saturated heterocycles. The van der Waals surface area contributed by atoms with Crippen LogP contribution >= 0.6 is 0 Å². The number of hydrogen-bond donors (Lipinski definition) is 0. The van der Waals surface area contributed by atoms with Gasteiger partial charge in [-0.15, -0.1) is 6.58 Å². The molecule has 148 valence electrons. The van der Waals surface area contributed by atoms with Crippen LogP contribution in [0, 0.1) is 11.8 Å². The average molecular weight is 384 g/mol. The molecule has 1 saturated carbocycles. The van der Waals surface area contributed by atoms with Crippen LogP contribution in [-0.2, 0) is 6.54 Å². The lowest BCUT2D eigenvalue weighted by Gasteiger charge is -2.16. The van der Waals surface area contributed by atoms with Crippen LogP contribution in [0.4, 0.5) is 0 Å². The molecule has 0 radical (unpaired) electrons. The van der Waals surface area contributed by atoms with Gasteiger partial charge < -0.3 is 0 Å². The Bertz CT molecular complexity index is 950. The predicted octanol–water partition coefficient (Wildman–Crippen LogP) is 6.08. The summed E-state index contributed by atoms with van der Waals surface area (Å²) in [6, 6.07) is 19.7. The molecule has 2 nitrogen and oxygen atoms in total. The molecule has 29 heavy (non-hydrogen) atoms. The molecule has 0 bridgehead atoms. The average Bonchev–Trinajstić information content (AvgIpc) is 3.40. The maximum absolute atomic E-state index is 4.10. The lowest BCUT2D eigenvalue weighted by Crippen LogP contribution is -2.31. The van der Waals surface area contributed by atoms with Gasteiger partial charge in [-0.05, 0) is 60.3 Å². The van der Waals surface area contributed by atoms with Crippen molar-refractivity contribution < 1.29 is 4.57 Å².